The van der Waals surface area contributed by atoms with E-state index in [0.717, 1.165) is 0 Å². The van der Waals surface area contributed by atoms with Crippen LogP contribution >= 0.6 is 0 Å². The number of amides is 1. The standard InChI is InChI=1S/C21H22N6O5S/c1-16-20(22-23-26(16)18-8-5-9-19(14-18)27(29)30)21(28)24-10-12-25(13-11-24)33(31,32)15-17-6-3-2-4-7-17/h2-9,14H,10-13,15H2,1H3. The molecule has 0 radical (unpaired) electrons. The van der Waals surface area contributed by atoms with Gasteiger partial charge in [-0.25, -0.2) is 13.1 Å². The molecule has 2 heterocycles. The molecule has 1 aliphatic heterocycles. The fourth-order valence-corrected chi connectivity index (χ4v) is 5.22. The third kappa shape index (κ3) is 4.76. The molecule has 0 bridgehead atoms. The molecule has 4 rings (SSSR count). The summed E-state index contributed by atoms with van der Waals surface area (Å²) in [5, 5.41) is 19.0. The van der Waals surface area contributed by atoms with E-state index in [2.05, 4.69) is 10.3 Å². The Morgan fingerprint density at radius 3 is 2.42 bits per heavy atom. The first-order valence-electron chi connectivity index (χ1n) is 10.2. The highest BCUT2D eigenvalue weighted by molar-refractivity contribution is 7.88. The number of rotatable bonds is 6. The zero-order chi connectivity index (χ0) is 23.6. The number of sulfonamides is 1. The van der Waals surface area contributed by atoms with Gasteiger partial charge in [0.25, 0.3) is 11.6 Å². The lowest BCUT2D eigenvalue weighted by molar-refractivity contribution is -0.384. The number of benzene rings is 2. The lowest BCUT2D eigenvalue weighted by atomic mass is 10.2. The summed E-state index contributed by atoms with van der Waals surface area (Å²) in [6, 6.07) is 14.9. The topological polar surface area (TPSA) is 132 Å². The van der Waals surface area contributed by atoms with E-state index in [1.54, 1.807) is 42.2 Å². The highest BCUT2D eigenvalue weighted by Gasteiger charge is 2.31. The third-order valence-corrected chi connectivity index (χ3v) is 7.34. The van der Waals surface area contributed by atoms with Crippen LogP contribution in [0.2, 0.25) is 0 Å². The SMILES string of the molecule is Cc1c(C(=O)N2CCN(S(=O)(=O)Cc3ccccc3)CC2)nnn1-c1cccc([N+](=O)[O-])c1. The number of carbonyl (C=O) groups is 1. The molecule has 1 fully saturated rings. The lowest BCUT2D eigenvalue weighted by Gasteiger charge is -2.33. The molecule has 0 spiro atoms. The summed E-state index contributed by atoms with van der Waals surface area (Å²) in [6.45, 7) is 2.51. The Bertz CT molecular complexity index is 1280. The summed E-state index contributed by atoms with van der Waals surface area (Å²) in [5.74, 6) is -0.442. The third-order valence-electron chi connectivity index (χ3n) is 5.49. The maximum atomic E-state index is 13.0. The van der Waals surface area contributed by atoms with Crippen molar-refractivity contribution in [1.82, 2.24) is 24.2 Å². The minimum atomic E-state index is -3.49. The Hall–Kier alpha value is -3.64. The summed E-state index contributed by atoms with van der Waals surface area (Å²) in [4.78, 5) is 25.1. The van der Waals surface area contributed by atoms with E-state index in [1.165, 1.54) is 27.2 Å². The van der Waals surface area contributed by atoms with Crippen LogP contribution in [0.1, 0.15) is 21.7 Å². The van der Waals surface area contributed by atoms with Crippen molar-refractivity contribution in [2.75, 3.05) is 26.2 Å². The zero-order valence-corrected chi connectivity index (χ0v) is 18.7. The van der Waals surface area contributed by atoms with Crippen LogP contribution in [0.3, 0.4) is 0 Å². The van der Waals surface area contributed by atoms with Crippen LogP contribution in [0.15, 0.2) is 54.6 Å². The van der Waals surface area contributed by atoms with Gasteiger partial charge in [0, 0.05) is 38.3 Å². The maximum Gasteiger partial charge on any atom is 0.276 e. The number of non-ortho nitro benzene ring substituents is 1. The summed E-state index contributed by atoms with van der Waals surface area (Å²) in [5.41, 5.74) is 1.61. The molecular formula is C21H22N6O5S. The molecule has 33 heavy (non-hydrogen) atoms. The van der Waals surface area contributed by atoms with Crippen LogP contribution in [0.5, 0.6) is 0 Å². The van der Waals surface area contributed by atoms with Crippen molar-refractivity contribution in [3.05, 3.63) is 81.7 Å². The second kappa shape index (κ2) is 9.08. The smallest absolute Gasteiger partial charge is 0.276 e. The van der Waals surface area contributed by atoms with E-state index < -0.39 is 14.9 Å². The number of aromatic nitrogens is 3. The van der Waals surface area contributed by atoms with E-state index >= 15 is 0 Å². The van der Waals surface area contributed by atoms with Gasteiger partial charge in [-0.15, -0.1) is 5.10 Å². The van der Waals surface area contributed by atoms with Crippen molar-refractivity contribution in [3.63, 3.8) is 0 Å². The molecule has 1 amide bonds. The highest BCUT2D eigenvalue weighted by Crippen LogP contribution is 2.20. The molecule has 0 unspecified atom stereocenters. The average Bonchev–Trinajstić information content (AvgIpc) is 3.20. The molecule has 1 aromatic heterocycles. The largest absolute Gasteiger partial charge is 0.335 e. The van der Waals surface area contributed by atoms with Crippen molar-refractivity contribution in [1.29, 1.82) is 0 Å². The molecule has 0 atom stereocenters. The van der Waals surface area contributed by atoms with Crippen molar-refractivity contribution in [3.8, 4) is 5.69 Å². The molecule has 0 saturated carbocycles. The second-order valence-corrected chi connectivity index (χ2v) is 9.61. The molecule has 12 heteroatoms. The summed E-state index contributed by atoms with van der Waals surface area (Å²) >= 11 is 0. The molecule has 1 aliphatic rings. The van der Waals surface area contributed by atoms with Crippen LogP contribution in [-0.4, -0.2) is 69.6 Å². The first-order chi connectivity index (χ1) is 15.8. The summed E-state index contributed by atoms with van der Waals surface area (Å²) in [6.07, 6.45) is 0. The Morgan fingerprint density at radius 1 is 1.06 bits per heavy atom. The fraction of sp³-hybridized carbons (Fsp3) is 0.286. The number of nitro groups is 1. The van der Waals surface area contributed by atoms with Gasteiger partial charge in [0.2, 0.25) is 10.0 Å². The Kier molecular flexibility index (Phi) is 6.20. The van der Waals surface area contributed by atoms with Crippen LogP contribution in [0.25, 0.3) is 5.69 Å². The molecule has 2 aromatic carbocycles. The normalized spacial score (nSPS) is 14.9. The van der Waals surface area contributed by atoms with Crippen LogP contribution in [0, 0.1) is 17.0 Å². The number of hydrogen-bond donors (Lipinski definition) is 0. The van der Waals surface area contributed by atoms with Gasteiger partial charge in [-0.2, -0.15) is 4.31 Å². The Balaban J connectivity index is 1.44. The van der Waals surface area contributed by atoms with Gasteiger partial charge >= 0.3 is 0 Å². The van der Waals surface area contributed by atoms with Gasteiger partial charge in [-0.1, -0.05) is 41.6 Å². The van der Waals surface area contributed by atoms with Gasteiger partial charge in [-0.05, 0) is 18.6 Å². The number of carbonyl (C=O) groups excluding carboxylic acids is 1. The predicted molar refractivity (Wildman–Crippen MR) is 119 cm³/mol. The quantitative estimate of drug-likeness (QED) is 0.396. The van der Waals surface area contributed by atoms with Crippen LogP contribution in [0.4, 0.5) is 5.69 Å². The summed E-state index contributed by atoms with van der Waals surface area (Å²) in [7, 11) is -3.49. The Labute approximate surface area is 190 Å². The van der Waals surface area contributed by atoms with E-state index in [-0.39, 0.29) is 49.2 Å². The molecule has 0 N–H and O–H groups in total. The van der Waals surface area contributed by atoms with Gasteiger partial charge < -0.3 is 4.90 Å². The van der Waals surface area contributed by atoms with Gasteiger partial charge in [0.1, 0.15) is 0 Å². The number of hydrogen-bond acceptors (Lipinski definition) is 7. The van der Waals surface area contributed by atoms with Crippen molar-refractivity contribution in [2.45, 2.75) is 12.7 Å². The minimum absolute atomic E-state index is 0.0849. The van der Waals surface area contributed by atoms with Crippen LogP contribution in [-0.2, 0) is 15.8 Å². The first kappa shape index (κ1) is 22.6. The maximum absolute atomic E-state index is 13.0. The average molecular weight is 471 g/mol. The van der Waals surface area contributed by atoms with E-state index in [0.29, 0.717) is 16.9 Å². The predicted octanol–water partition coefficient (Wildman–Crippen LogP) is 1.77. The number of piperazine rings is 1. The van der Waals surface area contributed by atoms with Crippen LogP contribution < -0.4 is 0 Å². The fourth-order valence-electron chi connectivity index (χ4n) is 3.71. The molecule has 172 valence electrons. The minimum Gasteiger partial charge on any atom is -0.335 e. The number of nitro benzene ring substituents is 1. The van der Waals surface area contributed by atoms with Crippen molar-refractivity contribution in [2.24, 2.45) is 0 Å². The number of nitrogens with zero attached hydrogens (tertiary/aromatic N) is 6. The monoisotopic (exact) mass is 470 g/mol. The van der Waals surface area contributed by atoms with Gasteiger partial charge in [0.15, 0.2) is 5.69 Å². The van der Waals surface area contributed by atoms with E-state index in [1.807, 2.05) is 6.07 Å². The molecule has 0 aliphatic carbocycles. The van der Waals surface area contributed by atoms with Crippen molar-refractivity contribution >= 4 is 21.6 Å². The van der Waals surface area contributed by atoms with E-state index in [4.69, 9.17) is 0 Å². The highest BCUT2D eigenvalue weighted by atomic mass is 32.2. The molecule has 11 nitrogen and oxygen atoms in total. The van der Waals surface area contributed by atoms with E-state index in [9.17, 15) is 23.3 Å². The van der Waals surface area contributed by atoms with Gasteiger partial charge in [-0.3, -0.25) is 14.9 Å². The summed E-state index contributed by atoms with van der Waals surface area (Å²) < 4.78 is 28.3. The lowest BCUT2D eigenvalue weighted by Crippen LogP contribution is -2.50. The zero-order valence-electron chi connectivity index (χ0n) is 17.9. The Morgan fingerprint density at radius 2 is 1.76 bits per heavy atom. The molecule has 3 aromatic rings. The van der Waals surface area contributed by atoms with Gasteiger partial charge in [0.05, 0.1) is 22.1 Å². The molecule has 1 saturated heterocycles. The first-order valence-corrected chi connectivity index (χ1v) is 11.9. The van der Waals surface area contributed by atoms with Crippen molar-refractivity contribution < 1.29 is 18.1 Å². The second-order valence-electron chi connectivity index (χ2n) is 7.65. The molecular weight excluding hydrogens is 448 g/mol.